The maximum absolute atomic E-state index is 13.0. The molecule has 0 unspecified atom stereocenters. The molecule has 0 atom stereocenters. The van der Waals surface area contributed by atoms with E-state index in [9.17, 15) is 17.6 Å². The molecule has 0 spiro atoms. The standard InChI is InChI=1S/C19H22FN3O4S/c1-13-5-10-18(27-3)17(11-13)23(28(4,25)26)12-19(24)22-21-14(2)15-6-8-16(20)9-7-15/h5-11H,12H2,1-4H3,(H,22,24)/b21-14-. The predicted octanol–water partition coefficient (Wildman–Crippen LogP) is 2.45. The number of amides is 1. The van der Waals surface area contributed by atoms with Crippen LogP contribution in [0.25, 0.3) is 0 Å². The van der Waals surface area contributed by atoms with Crippen LogP contribution in [0.5, 0.6) is 5.75 Å². The maximum atomic E-state index is 13.0. The Kier molecular flexibility index (Phi) is 6.74. The largest absolute Gasteiger partial charge is 0.495 e. The monoisotopic (exact) mass is 407 g/mol. The highest BCUT2D eigenvalue weighted by molar-refractivity contribution is 7.92. The molecule has 0 aliphatic carbocycles. The third-order valence-corrected chi connectivity index (χ3v) is 5.03. The molecule has 0 aliphatic heterocycles. The third kappa shape index (κ3) is 5.53. The van der Waals surface area contributed by atoms with Gasteiger partial charge in [-0.2, -0.15) is 5.10 Å². The highest BCUT2D eigenvalue weighted by atomic mass is 32.2. The number of sulfonamides is 1. The first-order valence-electron chi connectivity index (χ1n) is 8.33. The molecule has 0 radical (unpaired) electrons. The molecule has 0 bridgehead atoms. The van der Waals surface area contributed by atoms with E-state index in [0.29, 0.717) is 17.0 Å². The van der Waals surface area contributed by atoms with Crippen LogP contribution in [0, 0.1) is 12.7 Å². The smallest absolute Gasteiger partial charge is 0.260 e. The van der Waals surface area contributed by atoms with Crippen molar-refractivity contribution in [1.29, 1.82) is 0 Å². The number of methoxy groups -OCH3 is 1. The van der Waals surface area contributed by atoms with Crippen molar-refractivity contribution in [3.63, 3.8) is 0 Å². The van der Waals surface area contributed by atoms with Gasteiger partial charge in [-0.1, -0.05) is 18.2 Å². The first kappa shape index (κ1) is 21.4. The van der Waals surface area contributed by atoms with E-state index in [2.05, 4.69) is 10.5 Å². The van der Waals surface area contributed by atoms with Gasteiger partial charge in [0.25, 0.3) is 5.91 Å². The number of halogens is 1. The van der Waals surface area contributed by atoms with Gasteiger partial charge in [0.05, 0.1) is 24.8 Å². The van der Waals surface area contributed by atoms with Crippen molar-refractivity contribution in [2.75, 3.05) is 24.2 Å². The Balaban J connectivity index is 2.22. The summed E-state index contributed by atoms with van der Waals surface area (Å²) in [4.78, 5) is 12.3. The van der Waals surface area contributed by atoms with Gasteiger partial charge in [-0.15, -0.1) is 0 Å². The lowest BCUT2D eigenvalue weighted by Crippen LogP contribution is -2.39. The second-order valence-electron chi connectivity index (χ2n) is 6.18. The average molecular weight is 407 g/mol. The van der Waals surface area contributed by atoms with Gasteiger partial charge >= 0.3 is 0 Å². The zero-order chi connectivity index (χ0) is 20.9. The molecule has 1 amide bonds. The lowest BCUT2D eigenvalue weighted by molar-refractivity contribution is -0.119. The summed E-state index contributed by atoms with van der Waals surface area (Å²) in [6.45, 7) is 2.98. The number of nitrogens with zero attached hydrogens (tertiary/aromatic N) is 2. The quantitative estimate of drug-likeness (QED) is 0.564. The fourth-order valence-electron chi connectivity index (χ4n) is 2.44. The molecule has 0 saturated carbocycles. The van der Waals surface area contributed by atoms with Gasteiger partial charge in [-0.25, -0.2) is 18.2 Å². The molecular weight excluding hydrogens is 385 g/mol. The number of hydrazone groups is 1. The van der Waals surface area contributed by atoms with E-state index in [0.717, 1.165) is 16.1 Å². The summed E-state index contributed by atoms with van der Waals surface area (Å²) < 4.78 is 43.7. The summed E-state index contributed by atoms with van der Waals surface area (Å²) in [5.74, 6) is -0.679. The SMILES string of the molecule is COc1ccc(C)cc1N(CC(=O)N/N=C(/C)c1ccc(F)cc1)S(C)(=O)=O. The highest BCUT2D eigenvalue weighted by Crippen LogP contribution is 2.30. The topological polar surface area (TPSA) is 88.1 Å². The normalized spacial score (nSPS) is 11.8. The van der Waals surface area contributed by atoms with Crippen LogP contribution >= 0.6 is 0 Å². The van der Waals surface area contributed by atoms with Crippen LogP contribution in [-0.2, 0) is 14.8 Å². The molecule has 0 saturated heterocycles. The molecule has 28 heavy (non-hydrogen) atoms. The Hall–Kier alpha value is -2.94. The Morgan fingerprint density at radius 1 is 1.21 bits per heavy atom. The van der Waals surface area contributed by atoms with Crippen LogP contribution in [0.4, 0.5) is 10.1 Å². The molecule has 0 aliphatic rings. The second-order valence-corrected chi connectivity index (χ2v) is 8.09. The van der Waals surface area contributed by atoms with Gasteiger partial charge in [0.15, 0.2) is 0 Å². The predicted molar refractivity (Wildman–Crippen MR) is 107 cm³/mol. The molecule has 2 rings (SSSR count). The minimum absolute atomic E-state index is 0.263. The number of nitrogens with one attached hydrogen (secondary N) is 1. The zero-order valence-electron chi connectivity index (χ0n) is 16.1. The Morgan fingerprint density at radius 3 is 2.43 bits per heavy atom. The fourth-order valence-corrected chi connectivity index (χ4v) is 3.30. The van der Waals surface area contributed by atoms with Crippen LogP contribution < -0.4 is 14.5 Å². The molecule has 0 aromatic heterocycles. The lowest BCUT2D eigenvalue weighted by Gasteiger charge is -2.23. The highest BCUT2D eigenvalue weighted by Gasteiger charge is 2.24. The second kappa shape index (κ2) is 8.83. The average Bonchev–Trinajstić information content (AvgIpc) is 2.63. The number of rotatable bonds is 7. The maximum Gasteiger partial charge on any atom is 0.260 e. The molecule has 150 valence electrons. The van der Waals surface area contributed by atoms with Crippen molar-refractivity contribution >= 4 is 27.3 Å². The van der Waals surface area contributed by atoms with Gasteiger partial charge in [0.1, 0.15) is 18.1 Å². The van der Waals surface area contributed by atoms with Gasteiger partial charge < -0.3 is 4.74 Å². The van der Waals surface area contributed by atoms with E-state index in [4.69, 9.17) is 4.74 Å². The fraction of sp³-hybridized carbons (Fsp3) is 0.263. The van der Waals surface area contributed by atoms with Crippen LogP contribution in [-0.4, -0.2) is 39.9 Å². The number of hydrogen-bond acceptors (Lipinski definition) is 5. The van der Waals surface area contributed by atoms with Crippen LogP contribution in [0.1, 0.15) is 18.1 Å². The van der Waals surface area contributed by atoms with Crippen molar-refractivity contribution in [3.05, 3.63) is 59.4 Å². The van der Waals surface area contributed by atoms with E-state index >= 15 is 0 Å². The van der Waals surface area contributed by atoms with Gasteiger partial charge in [-0.05, 0) is 49.2 Å². The molecular formula is C19H22FN3O4S. The first-order valence-corrected chi connectivity index (χ1v) is 10.2. The van der Waals surface area contributed by atoms with Crippen LogP contribution in [0.3, 0.4) is 0 Å². The summed E-state index contributed by atoms with van der Waals surface area (Å²) in [7, 11) is -2.33. The van der Waals surface area contributed by atoms with Crippen molar-refractivity contribution in [3.8, 4) is 5.75 Å². The Labute approximate surface area is 163 Å². The Morgan fingerprint density at radius 2 is 1.86 bits per heavy atom. The summed E-state index contributed by atoms with van der Waals surface area (Å²) in [5, 5.41) is 3.95. The van der Waals surface area contributed by atoms with Gasteiger partial charge in [0.2, 0.25) is 10.0 Å². The molecule has 1 N–H and O–H groups in total. The third-order valence-electron chi connectivity index (χ3n) is 3.90. The summed E-state index contributed by atoms with van der Waals surface area (Å²) in [5.41, 5.74) is 4.48. The molecule has 0 heterocycles. The minimum Gasteiger partial charge on any atom is -0.495 e. The minimum atomic E-state index is -3.76. The number of aryl methyl sites for hydroxylation is 1. The van der Waals surface area contributed by atoms with Gasteiger partial charge in [0, 0.05) is 0 Å². The molecule has 7 nitrogen and oxygen atoms in total. The summed E-state index contributed by atoms with van der Waals surface area (Å²) in [6.07, 6.45) is 1.01. The number of anilines is 1. The van der Waals surface area contributed by atoms with E-state index < -0.39 is 22.5 Å². The van der Waals surface area contributed by atoms with Crippen molar-refractivity contribution in [2.45, 2.75) is 13.8 Å². The van der Waals surface area contributed by atoms with Crippen molar-refractivity contribution in [2.24, 2.45) is 5.10 Å². The number of carbonyl (C=O) groups is 1. The van der Waals surface area contributed by atoms with Crippen molar-refractivity contribution < 1.29 is 22.3 Å². The number of benzene rings is 2. The van der Waals surface area contributed by atoms with E-state index in [-0.39, 0.29) is 11.5 Å². The van der Waals surface area contributed by atoms with Crippen LogP contribution in [0.15, 0.2) is 47.6 Å². The van der Waals surface area contributed by atoms with Crippen LogP contribution in [0.2, 0.25) is 0 Å². The Bertz CT molecular complexity index is 989. The van der Waals surface area contributed by atoms with E-state index in [1.54, 1.807) is 32.0 Å². The van der Waals surface area contributed by atoms with E-state index in [1.807, 2.05) is 0 Å². The summed E-state index contributed by atoms with van der Waals surface area (Å²) in [6, 6.07) is 10.7. The lowest BCUT2D eigenvalue weighted by atomic mass is 10.1. The first-order chi connectivity index (χ1) is 13.1. The van der Waals surface area contributed by atoms with E-state index in [1.165, 1.54) is 31.4 Å². The number of carbonyl (C=O) groups excluding carboxylic acids is 1. The number of hydrogen-bond donors (Lipinski definition) is 1. The number of ether oxygens (including phenoxy) is 1. The molecule has 0 fully saturated rings. The van der Waals surface area contributed by atoms with Gasteiger partial charge in [-0.3, -0.25) is 9.10 Å². The zero-order valence-corrected chi connectivity index (χ0v) is 16.9. The summed E-state index contributed by atoms with van der Waals surface area (Å²) >= 11 is 0. The van der Waals surface area contributed by atoms with Crippen molar-refractivity contribution in [1.82, 2.24) is 5.43 Å². The molecule has 2 aromatic carbocycles. The molecule has 9 heteroatoms. The molecule has 2 aromatic rings.